The Morgan fingerprint density at radius 2 is 1.75 bits per heavy atom. The number of aryl methyl sites for hydroxylation is 1. The highest BCUT2D eigenvalue weighted by atomic mass is 16.5. The second kappa shape index (κ2) is 7.03. The molecule has 1 aromatic rings. The van der Waals surface area contributed by atoms with Gasteiger partial charge in [0.25, 0.3) is 0 Å². The van der Waals surface area contributed by atoms with Crippen molar-refractivity contribution in [3.63, 3.8) is 0 Å². The molecule has 1 atom stereocenters. The first kappa shape index (κ1) is 19.2. The predicted octanol–water partition coefficient (Wildman–Crippen LogP) is 3.06. The van der Waals surface area contributed by atoms with E-state index < -0.39 is 6.10 Å². The summed E-state index contributed by atoms with van der Waals surface area (Å²) in [5, 5.41) is 20.7. The maximum absolute atomic E-state index is 10.5. The zero-order valence-electron chi connectivity index (χ0n) is 16.0. The summed E-state index contributed by atoms with van der Waals surface area (Å²) >= 11 is 0. The number of aliphatic hydroxyl groups is 2. The number of ether oxygens (including phenoxy) is 1. The summed E-state index contributed by atoms with van der Waals surface area (Å²) in [5.41, 5.74) is 2.00. The van der Waals surface area contributed by atoms with Crippen LogP contribution in [-0.2, 0) is 0 Å². The minimum atomic E-state index is -0.571. The fraction of sp³-hybridized carbons (Fsp3) is 0.700. The van der Waals surface area contributed by atoms with Crippen LogP contribution in [0.4, 0.5) is 0 Å². The summed E-state index contributed by atoms with van der Waals surface area (Å²) < 4.78 is 5.85. The average Bonchev–Trinajstić information content (AvgIpc) is 2.43. The number of hydrogen-bond acceptors (Lipinski definition) is 4. The van der Waals surface area contributed by atoms with Crippen molar-refractivity contribution >= 4 is 0 Å². The van der Waals surface area contributed by atoms with Gasteiger partial charge >= 0.3 is 0 Å². The van der Waals surface area contributed by atoms with Gasteiger partial charge in [0.2, 0.25) is 0 Å². The number of piperidine rings is 1. The highest BCUT2D eigenvalue weighted by molar-refractivity contribution is 5.38. The Morgan fingerprint density at radius 1 is 1.17 bits per heavy atom. The number of hydrogen-bond donors (Lipinski definition) is 2. The Bertz CT molecular complexity index is 550. The summed E-state index contributed by atoms with van der Waals surface area (Å²) in [6.07, 6.45) is 0.593. The molecule has 1 fully saturated rings. The first-order valence-electron chi connectivity index (χ1n) is 8.86. The van der Waals surface area contributed by atoms with Crippen molar-refractivity contribution in [2.75, 3.05) is 13.2 Å². The van der Waals surface area contributed by atoms with Crippen molar-refractivity contribution in [3.8, 4) is 5.75 Å². The number of likely N-dealkylation sites (tertiary alicyclic amines) is 1. The molecule has 0 saturated carbocycles. The number of rotatable bonds is 5. The van der Waals surface area contributed by atoms with Crippen LogP contribution in [0.5, 0.6) is 5.75 Å². The fourth-order valence-electron chi connectivity index (χ4n) is 4.09. The molecule has 136 valence electrons. The van der Waals surface area contributed by atoms with E-state index in [1.54, 1.807) is 0 Å². The van der Waals surface area contributed by atoms with E-state index in [2.05, 4.69) is 45.6 Å². The van der Waals surface area contributed by atoms with E-state index in [1.165, 1.54) is 5.56 Å². The maximum Gasteiger partial charge on any atom is 0.122 e. The van der Waals surface area contributed by atoms with Crippen molar-refractivity contribution in [3.05, 3.63) is 29.3 Å². The lowest BCUT2D eigenvalue weighted by Crippen LogP contribution is -2.63. The quantitative estimate of drug-likeness (QED) is 0.868. The van der Waals surface area contributed by atoms with Crippen molar-refractivity contribution in [2.45, 2.75) is 77.7 Å². The molecule has 2 N–H and O–H groups in total. The van der Waals surface area contributed by atoms with Crippen molar-refractivity contribution in [1.29, 1.82) is 0 Å². The van der Waals surface area contributed by atoms with Gasteiger partial charge in [-0.1, -0.05) is 12.1 Å². The van der Waals surface area contributed by atoms with Crippen molar-refractivity contribution in [2.24, 2.45) is 0 Å². The van der Waals surface area contributed by atoms with Crippen LogP contribution >= 0.6 is 0 Å². The van der Waals surface area contributed by atoms with Gasteiger partial charge in [0.05, 0.1) is 6.10 Å². The van der Waals surface area contributed by atoms with Crippen molar-refractivity contribution in [1.82, 2.24) is 4.90 Å². The maximum atomic E-state index is 10.5. The molecule has 0 unspecified atom stereocenters. The Labute approximate surface area is 146 Å². The molecule has 4 nitrogen and oxygen atoms in total. The smallest absolute Gasteiger partial charge is 0.122 e. The summed E-state index contributed by atoms with van der Waals surface area (Å²) in [6, 6.07) is 5.98. The highest BCUT2D eigenvalue weighted by Crippen LogP contribution is 2.38. The van der Waals surface area contributed by atoms with E-state index in [1.807, 2.05) is 19.1 Å². The first-order chi connectivity index (χ1) is 11.0. The average molecular weight is 335 g/mol. The Balaban J connectivity index is 2.00. The van der Waals surface area contributed by atoms with Crippen molar-refractivity contribution < 1.29 is 14.9 Å². The van der Waals surface area contributed by atoms with E-state index in [4.69, 9.17) is 4.74 Å². The van der Waals surface area contributed by atoms with Crippen LogP contribution in [0.1, 0.15) is 51.7 Å². The minimum absolute atomic E-state index is 0.151. The Morgan fingerprint density at radius 3 is 2.33 bits per heavy atom. The summed E-state index contributed by atoms with van der Waals surface area (Å²) in [6.45, 7) is 13.4. The molecule has 0 bridgehead atoms. The van der Waals surface area contributed by atoms with Crippen LogP contribution in [-0.4, -0.2) is 51.6 Å². The van der Waals surface area contributed by atoms with Crippen LogP contribution in [0.3, 0.4) is 0 Å². The monoisotopic (exact) mass is 335 g/mol. The molecule has 0 aromatic heterocycles. The summed E-state index contributed by atoms with van der Waals surface area (Å²) in [5.74, 6) is 0.835. The van der Waals surface area contributed by atoms with Gasteiger partial charge in [-0.15, -0.1) is 0 Å². The normalized spacial score (nSPS) is 22.3. The number of β-amino-alcohol motifs (C(OH)–C–C–N with tert-alkyl or cyclic N) is 1. The molecular weight excluding hydrogens is 302 g/mol. The van der Waals surface area contributed by atoms with E-state index in [0.29, 0.717) is 6.54 Å². The molecule has 0 radical (unpaired) electrons. The molecule has 0 amide bonds. The zero-order chi connectivity index (χ0) is 18.1. The molecule has 24 heavy (non-hydrogen) atoms. The largest absolute Gasteiger partial charge is 0.491 e. The van der Waals surface area contributed by atoms with Crippen LogP contribution in [0.15, 0.2) is 18.2 Å². The SMILES string of the molecule is Cc1cccc(OC[C@H](O)CN2C(C)(C)CC(O)CC2(C)C)c1C. The van der Waals surface area contributed by atoms with E-state index in [-0.39, 0.29) is 23.8 Å². The molecule has 1 heterocycles. The third kappa shape index (κ3) is 4.29. The Hall–Kier alpha value is -1.10. The lowest BCUT2D eigenvalue weighted by Gasteiger charge is -2.55. The minimum Gasteiger partial charge on any atom is -0.491 e. The molecule has 1 saturated heterocycles. The van der Waals surface area contributed by atoms with Crippen LogP contribution in [0.2, 0.25) is 0 Å². The molecule has 4 heteroatoms. The van der Waals surface area contributed by atoms with Gasteiger partial charge in [-0.3, -0.25) is 4.90 Å². The molecule has 2 rings (SSSR count). The van der Waals surface area contributed by atoms with Gasteiger partial charge < -0.3 is 14.9 Å². The summed E-state index contributed by atoms with van der Waals surface area (Å²) in [7, 11) is 0. The van der Waals surface area contributed by atoms with Crippen LogP contribution in [0, 0.1) is 13.8 Å². The molecular formula is C20H33NO3. The molecule has 0 spiro atoms. The van der Waals surface area contributed by atoms with E-state index in [9.17, 15) is 10.2 Å². The number of nitrogens with zero attached hydrogens (tertiary/aromatic N) is 1. The van der Waals surface area contributed by atoms with Crippen LogP contribution in [0.25, 0.3) is 0 Å². The van der Waals surface area contributed by atoms with Gasteiger partial charge in [-0.25, -0.2) is 0 Å². The molecule has 0 aliphatic carbocycles. The van der Waals surface area contributed by atoms with Crippen LogP contribution < -0.4 is 4.74 Å². The van der Waals surface area contributed by atoms with Gasteiger partial charge in [-0.2, -0.15) is 0 Å². The number of benzene rings is 1. The van der Waals surface area contributed by atoms with E-state index >= 15 is 0 Å². The number of aliphatic hydroxyl groups excluding tert-OH is 2. The predicted molar refractivity (Wildman–Crippen MR) is 97.5 cm³/mol. The highest BCUT2D eigenvalue weighted by Gasteiger charge is 2.45. The third-order valence-electron chi connectivity index (χ3n) is 5.31. The lowest BCUT2D eigenvalue weighted by atomic mass is 9.78. The topological polar surface area (TPSA) is 52.9 Å². The summed E-state index contributed by atoms with van der Waals surface area (Å²) in [4.78, 5) is 2.31. The Kier molecular flexibility index (Phi) is 5.63. The standard InChI is InChI=1S/C20H33NO3/c1-14-8-7-9-18(15(14)2)24-13-17(23)12-21-19(3,4)10-16(22)11-20(21,5)6/h7-9,16-17,22-23H,10-13H2,1-6H3/t17-/m1/s1. The lowest BCUT2D eigenvalue weighted by molar-refractivity contribution is -0.1000. The molecule has 1 aliphatic rings. The van der Waals surface area contributed by atoms with Gasteiger partial charge in [0.1, 0.15) is 18.5 Å². The zero-order valence-corrected chi connectivity index (χ0v) is 16.0. The molecule has 1 aliphatic heterocycles. The van der Waals surface area contributed by atoms with Gasteiger partial charge in [-0.05, 0) is 71.6 Å². The fourth-order valence-corrected chi connectivity index (χ4v) is 4.09. The third-order valence-corrected chi connectivity index (χ3v) is 5.31. The van der Waals surface area contributed by atoms with E-state index in [0.717, 1.165) is 24.2 Å². The van der Waals surface area contributed by atoms with Gasteiger partial charge in [0.15, 0.2) is 0 Å². The molecule has 1 aromatic carbocycles. The second-order valence-corrected chi connectivity index (χ2v) is 8.46. The second-order valence-electron chi connectivity index (χ2n) is 8.46. The first-order valence-corrected chi connectivity index (χ1v) is 8.86. The van der Waals surface area contributed by atoms with Gasteiger partial charge in [0, 0.05) is 17.6 Å².